The average Bonchev–Trinajstić information content (AvgIpc) is 3.31. The first-order valence-electron chi connectivity index (χ1n) is 8.85. The molecule has 0 radical (unpaired) electrons. The van der Waals surface area contributed by atoms with Crippen molar-refractivity contribution in [3.05, 3.63) is 90.0 Å². The van der Waals surface area contributed by atoms with Gasteiger partial charge in [0.2, 0.25) is 0 Å². The lowest BCUT2D eigenvalue weighted by Gasteiger charge is -2.19. The van der Waals surface area contributed by atoms with Crippen LogP contribution in [0.4, 0.5) is 11.5 Å². The van der Waals surface area contributed by atoms with Crippen molar-refractivity contribution in [2.45, 2.75) is 13.5 Å². The topological polar surface area (TPSA) is 49.9 Å². The van der Waals surface area contributed by atoms with Crippen molar-refractivity contribution in [1.29, 1.82) is 0 Å². The zero-order valence-electron chi connectivity index (χ0n) is 15.3. The number of carbonyl (C=O) groups excluding carboxylic acids is 1. The summed E-state index contributed by atoms with van der Waals surface area (Å²) >= 11 is 0. The van der Waals surface area contributed by atoms with Gasteiger partial charge in [0.05, 0.1) is 12.1 Å². The molecule has 0 bridgehead atoms. The molecule has 0 saturated carbocycles. The van der Waals surface area contributed by atoms with Gasteiger partial charge in [-0.15, -0.1) is 0 Å². The lowest BCUT2D eigenvalue weighted by molar-refractivity contribution is 0.0947. The Morgan fingerprint density at radius 1 is 1.04 bits per heavy atom. The fourth-order valence-electron chi connectivity index (χ4n) is 3.13. The van der Waals surface area contributed by atoms with Crippen LogP contribution in [0.5, 0.6) is 0 Å². The van der Waals surface area contributed by atoms with Crippen LogP contribution in [-0.2, 0) is 6.54 Å². The van der Waals surface area contributed by atoms with E-state index in [-0.39, 0.29) is 5.91 Å². The van der Waals surface area contributed by atoms with Crippen LogP contribution in [0.2, 0.25) is 0 Å². The number of fused-ring (bicyclic) bond motifs is 1. The van der Waals surface area contributed by atoms with Crippen LogP contribution >= 0.6 is 0 Å². The number of anilines is 2. The molecule has 1 N–H and O–H groups in total. The molecule has 5 nitrogen and oxygen atoms in total. The molecule has 3 heterocycles. The summed E-state index contributed by atoms with van der Waals surface area (Å²) in [5, 5.41) is 2.91. The van der Waals surface area contributed by atoms with Gasteiger partial charge in [-0.05, 0) is 55.5 Å². The Labute approximate surface area is 157 Å². The number of hydrogen-bond acceptors (Lipinski definition) is 3. The van der Waals surface area contributed by atoms with Gasteiger partial charge in [-0.25, -0.2) is 0 Å². The molecule has 4 aromatic rings. The van der Waals surface area contributed by atoms with Gasteiger partial charge in [-0.3, -0.25) is 4.79 Å². The molecular weight excluding hydrogens is 338 g/mol. The van der Waals surface area contributed by atoms with E-state index in [0.29, 0.717) is 12.1 Å². The summed E-state index contributed by atoms with van der Waals surface area (Å²) in [4.78, 5) is 14.7. The lowest BCUT2D eigenvalue weighted by Crippen LogP contribution is -2.23. The predicted molar refractivity (Wildman–Crippen MR) is 107 cm³/mol. The van der Waals surface area contributed by atoms with Gasteiger partial charge in [0.15, 0.2) is 0 Å². The monoisotopic (exact) mass is 359 g/mol. The first-order chi connectivity index (χ1) is 13.1. The van der Waals surface area contributed by atoms with Crippen LogP contribution < -0.4 is 10.2 Å². The molecule has 27 heavy (non-hydrogen) atoms. The largest absolute Gasteiger partial charge is 0.465 e. The summed E-state index contributed by atoms with van der Waals surface area (Å²) in [5.74, 6) is 2.44. The van der Waals surface area contributed by atoms with Crippen molar-refractivity contribution < 1.29 is 9.21 Å². The summed E-state index contributed by atoms with van der Waals surface area (Å²) in [7, 11) is 2.02. The number of furan rings is 1. The van der Waals surface area contributed by atoms with E-state index < -0.39 is 0 Å². The Bertz CT molecular complexity index is 1080. The number of aromatic nitrogens is 1. The van der Waals surface area contributed by atoms with Crippen molar-refractivity contribution >= 4 is 22.9 Å². The highest BCUT2D eigenvalue weighted by molar-refractivity contribution is 5.94. The first-order valence-corrected chi connectivity index (χ1v) is 8.85. The summed E-state index contributed by atoms with van der Waals surface area (Å²) in [6.45, 7) is 2.25. The third kappa shape index (κ3) is 3.44. The molecule has 5 heteroatoms. The van der Waals surface area contributed by atoms with Crippen LogP contribution in [0.3, 0.4) is 0 Å². The van der Waals surface area contributed by atoms with Crippen LogP contribution in [0, 0.1) is 6.92 Å². The second-order valence-electron chi connectivity index (χ2n) is 6.49. The third-order valence-corrected chi connectivity index (χ3v) is 4.60. The molecule has 0 aliphatic carbocycles. The van der Waals surface area contributed by atoms with Gasteiger partial charge in [-0.1, -0.05) is 18.2 Å². The normalized spacial score (nSPS) is 10.9. The van der Waals surface area contributed by atoms with Crippen LogP contribution in [0.1, 0.15) is 21.9 Å². The second kappa shape index (κ2) is 7.03. The Kier molecular flexibility index (Phi) is 4.42. The Hall–Kier alpha value is -3.47. The molecule has 0 unspecified atom stereocenters. The fraction of sp³-hybridized carbons (Fsp3) is 0.136. The minimum Gasteiger partial charge on any atom is -0.465 e. The zero-order chi connectivity index (χ0) is 18.8. The standard InChI is InChI=1S/C22H21N3O2/c1-16-8-12-20(27-16)14-23-22(26)17-9-10-19-11-13-21(25(19)15-17)24(2)18-6-4-3-5-7-18/h3-13,15H,14H2,1-2H3,(H,23,26). The minimum absolute atomic E-state index is 0.132. The first kappa shape index (κ1) is 17.0. The molecule has 136 valence electrons. The molecule has 0 atom stereocenters. The van der Waals surface area contributed by atoms with Gasteiger partial charge in [0.1, 0.15) is 17.3 Å². The Balaban J connectivity index is 1.58. The Morgan fingerprint density at radius 3 is 2.56 bits per heavy atom. The maximum atomic E-state index is 12.6. The molecule has 0 spiro atoms. The van der Waals surface area contributed by atoms with Gasteiger partial charge >= 0.3 is 0 Å². The molecule has 0 aliphatic heterocycles. The van der Waals surface area contributed by atoms with E-state index >= 15 is 0 Å². The van der Waals surface area contributed by atoms with E-state index in [9.17, 15) is 4.79 Å². The maximum absolute atomic E-state index is 12.6. The SMILES string of the molecule is Cc1ccc(CNC(=O)c2ccc3ccc(N(C)c4ccccc4)n3c2)o1. The molecule has 0 saturated heterocycles. The van der Waals surface area contributed by atoms with E-state index in [1.165, 1.54) is 0 Å². The number of rotatable bonds is 5. The van der Waals surface area contributed by atoms with Crippen LogP contribution in [0.15, 0.2) is 77.3 Å². The van der Waals surface area contributed by atoms with Gasteiger partial charge in [0, 0.05) is 24.4 Å². The van der Waals surface area contributed by atoms with E-state index in [1.807, 2.05) is 73.1 Å². The summed E-state index contributed by atoms with van der Waals surface area (Å²) in [6, 6.07) is 21.8. The van der Waals surface area contributed by atoms with Gasteiger partial charge < -0.3 is 19.0 Å². The number of pyridine rings is 1. The predicted octanol–water partition coefficient (Wildman–Crippen LogP) is 4.54. The van der Waals surface area contributed by atoms with Gasteiger partial charge in [0.25, 0.3) is 5.91 Å². The van der Waals surface area contributed by atoms with Crippen LogP contribution in [0.25, 0.3) is 5.52 Å². The van der Waals surface area contributed by atoms with E-state index in [1.54, 1.807) is 0 Å². The Morgan fingerprint density at radius 2 is 1.81 bits per heavy atom. The molecule has 3 aromatic heterocycles. The van der Waals surface area contributed by atoms with E-state index in [0.717, 1.165) is 28.5 Å². The number of hydrogen-bond donors (Lipinski definition) is 1. The number of amides is 1. The molecule has 1 aromatic carbocycles. The zero-order valence-corrected chi connectivity index (χ0v) is 15.3. The highest BCUT2D eigenvalue weighted by Gasteiger charge is 2.12. The number of nitrogens with zero attached hydrogens (tertiary/aromatic N) is 2. The van der Waals surface area contributed by atoms with Crippen molar-refractivity contribution in [3.8, 4) is 0 Å². The van der Waals surface area contributed by atoms with Gasteiger partial charge in [-0.2, -0.15) is 0 Å². The number of para-hydroxylation sites is 1. The summed E-state index contributed by atoms with van der Waals surface area (Å²) in [6.07, 6.45) is 1.87. The summed E-state index contributed by atoms with van der Waals surface area (Å²) < 4.78 is 7.53. The molecule has 1 amide bonds. The summed E-state index contributed by atoms with van der Waals surface area (Å²) in [5.41, 5.74) is 2.72. The number of nitrogens with one attached hydrogen (secondary N) is 1. The smallest absolute Gasteiger partial charge is 0.253 e. The van der Waals surface area contributed by atoms with Crippen molar-refractivity contribution in [1.82, 2.24) is 9.72 Å². The van der Waals surface area contributed by atoms with Crippen molar-refractivity contribution in [3.63, 3.8) is 0 Å². The third-order valence-electron chi connectivity index (χ3n) is 4.60. The fourth-order valence-corrected chi connectivity index (χ4v) is 3.13. The molecule has 0 fully saturated rings. The van der Waals surface area contributed by atoms with E-state index in [2.05, 4.69) is 28.4 Å². The average molecular weight is 359 g/mol. The maximum Gasteiger partial charge on any atom is 0.253 e. The highest BCUT2D eigenvalue weighted by Crippen LogP contribution is 2.26. The molecule has 4 rings (SSSR count). The second-order valence-corrected chi connectivity index (χ2v) is 6.49. The minimum atomic E-state index is -0.132. The van der Waals surface area contributed by atoms with Crippen molar-refractivity contribution in [2.24, 2.45) is 0 Å². The number of carbonyl (C=O) groups is 1. The highest BCUT2D eigenvalue weighted by atomic mass is 16.3. The lowest BCUT2D eigenvalue weighted by atomic mass is 10.2. The number of benzene rings is 1. The molecular formula is C22H21N3O2. The quantitative estimate of drug-likeness (QED) is 0.569. The molecule has 0 aliphatic rings. The van der Waals surface area contributed by atoms with Crippen molar-refractivity contribution in [2.75, 3.05) is 11.9 Å². The van der Waals surface area contributed by atoms with E-state index in [4.69, 9.17) is 4.42 Å². The van der Waals surface area contributed by atoms with Crippen LogP contribution in [-0.4, -0.2) is 17.4 Å². The number of aryl methyl sites for hydroxylation is 1.